The van der Waals surface area contributed by atoms with Crippen LogP contribution in [0.15, 0.2) is 33.8 Å². The highest BCUT2D eigenvalue weighted by Gasteiger charge is 2.18. The zero-order valence-electron chi connectivity index (χ0n) is 15.1. The maximum atomic E-state index is 11.7. The smallest absolute Gasteiger partial charge is 0.407 e. The van der Waals surface area contributed by atoms with Crippen molar-refractivity contribution in [3.63, 3.8) is 0 Å². The van der Waals surface area contributed by atoms with Gasteiger partial charge in [0.2, 0.25) is 0 Å². The molecule has 0 aromatic heterocycles. The van der Waals surface area contributed by atoms with Crippen molar-refractivity contribution in [3.8, 4) is 0 Å². The maximum Gasteiger partial charge on any atom is 0.407 e. The van der Waals surface area contributed by atoms with E-state index in [2.05, 4.69) is 26.6 Å². The Hall–Kier alpha value is -2.09. The Bertz CT molecular complexity index is 681. The van der Waals surface area contributed by atoms with Gasteiger partial charge in [0.1, 0.15) is 11.3 Å². The van der Waals surface area contributed by atoms with Gasteiger partial charge in [-0.15, -0.1) is 0 Å². The zero-order valence-corrected chi connectivity index (χ0v) is 16.7. The quantitative estimate of drug-likeness (QED) is 0.402. The van der Waals surface area contributed by atoms with E-state index < -0.39 is 16.6 Å². The van der Waals surface area contributed by atoms with Gasteiger partial charge in [0.05, 0.1) is 9.40 Å². The van der Waals surface area contributed by atoms with Gasteiger partial charge in [0.15, 0.2) is 0 Å². The molecule has 8 heteroatoms. The lowest BCUT2D eigenvalue weighted by Gasteiger charge is -2.20. The Labute approximate surface area is 156 Å². The molecular formula is C17H24BrN3O4. The summed E-state index contributed by atoms with van der Waals surface area (Å²) in [7, 11) is 0. The predicted octanol–water partition coefficient (Wildman–Crippen LogP) is 4.63. The van der Waals surface area contributed by atoms with E-state index in [1.165, 1.54) is 0 Å². The van der Waals surface area contributed by atoms with Crippen LogP contribution >= 0.6 is 15.9 Å². The normalized spacial score (nSPS) is 12.2. The highest BCUT2D eigenvalue weighted by molar-refractivity contribution is 9.10. The van der Waals surface area contributed by atoms with Gasteiger partial charge in [-0.2, -0.15) is 0 Å². The molecule has 25 heavy (non-hydrogen) atoms. The van der Waals surface area contributed by atoms with E-state index >= 15 is 0 Å². The molecule has 1 aromatic carbocycles. The van der Waals surface area contributed by atoms with Crippen LogP contribution in [0.5, 0.6) is 0 Å². The number of nitro groups is 1. The summed E-state index contributed by atoms with van der Waals surface area (Å²) in [6.45, 7) is 9.98. The van der Waals surface area contributed by atoms with Crippen LogP contribution in [0.3, 0.4) is 0 Å². The Balaban J connectivity index is 2.68. The third-order valence-electron chi connectivity index (χ3n) is 3.34. The van der Waals surface area contributed by atoms with Gasteiger partial charge in [-0.05, 0) is 62.7 Å². The van der Waals surface area contributed by atoms with Crippen molar-refractivity contribution in [2.75, 3.05) is 18.4 Å². The van der Waals surface area contributed by atoms with E-state index in [0.29, 0.717) is 23.2 Å². The molecule has 1 rings (SSSR count). The number of alkyl carbamates (subject to hydrolysis) is 1. The number of nitrogens with one attached hydrogen (secondary N) is 2. The number of halogens is 1. The van der Waals surface area contributed by atoms with Crippen LogP contribution in [0.4, 0.5) is 16.2 Å². The number of amides is 1. The molecule has 0 radical (unpaired) electrons. The molecule has 0 heterocycles. The molecule has 0 aliphatic carbocycles. The van der Waals surface area contributed by atoms with Crippen LogP contribution < -0.4 is 10.6 Å². The number of carbonyl (C=O) groups excluding carboxylic acids is 1. The second-order valence-electron chi connectivity index (χ2n) is 6.66. The van der Waals surface area contributed by atoms with E-state index in [1.807, 2.05) is 13.8 Å². The minimum absolute atomic E-state index is 0.000155. The van der Waals surface area contributed by atoms with Crippen molar-refractivity contribution in [1.82, 2.24) is 5.32 Å². The number of nitro benzene ring substituents is 1. The van der Waals surface area contributed by atoms with Crippen LogP contribution in [-0.4, -0.2) is 29.7 Å². The van der Waals surface area contributed by atoms with Crippen molar-refractivity contribution in [2.45, 2.75) is 40.2 Å². The summed E-state index contributed by atoms with van der Waals surface area (Å²) in [4.78, 5) is 22.4. The van der Waals surface area contributed by atoms with Gasteiger partial charge >= 0.3 is 11.8 Å². The highest BCUT2D eigenvalue weighted by Crippen LogP contribution is 2.32. The molecule has 0 aliphatic heterocycles. The average molecular weight is 414 g/mol. The molecule has 0 saturated heterocycles. The summed E-state index contributed by atoms with van der Waals surface area (Å²) >= 11 is 3.19. The second kappa shape index (κ2) is 8.84. The lowest BCUT2D eigenvalue weighted by Crippen LogP contribution is -2.33. The van der Waals surface area contributed by atoms with Gasteiger partial charge in [0.25, 0.3) is 0 Å². The molecule has 1 amide bonds. The Kier molecular flexibility index (Phi) is 7.41. The van der Waals surface area contributed by atoms with Gasteiger partial charge < -0.3 is 15.4 Å². The van der Waals surface area contributed by atoms with E-state index in [9.17, 15) is 14.9 Å². The number of ether oxygens (including phenoxy) is 1. The molecule has 2 N–H and O–H groups in total. The third-order valence-corrected chi connectivity index (χ3v) is 3.98. The monoisotopic (exact) mass is 413 g/mol. The number of benzene rings is 1. The van der Waals surface area contributed by atoms with Gasteiger partial charge in [-0.25, -0.2) is 4.79 Å². The molecular weight excluding hydrogens is 390 g/mol. The lowest BCUT2D eigenvalue weighted by atomic mass is 10.1. The third kappa shape index (κ3) is 7.13. The summed E-state index contributed by atoms with van der Waals surface area (Å²) in [5, 5.41) is 16.9. The molecule has 138 valence electrons. The van der Waals surface area contributed by atoms with Crippen molar-refractivity contribution < 1.29 is 14.5 Å². The summed E-state index contributed by atoms with van der Waals surface area (Å²) in [5.74, 6) is 0. The van der Waals surface area contributed by atoms with Crippen LogP contribution in [0.1, 0.15) is 34.6 Å². The average Bonchev–Trinajstić information content (AvgIpc) is 2.48. The molecule has 0 bridgehead atoms. The van der Waals surface area contributed by atoms with Crippen LogP contribution in [0.2, 0.25) is 0 Å². The van der Waals surface area contributed by atoms with Gasteiger partial charge in [-0.1, -0.05) is 17.2 Å². The number of hydrogen-bond acceptors (Lipinski definition) is 5. The largest absolute Gasteiger partial charge is 0.444 e. The standard InChI is InChI=1S/C17H24BrN3O4/c1-11(12(2)10-20-16(22)25-17(3,4)5)9-19-14-8-6-7-13(18)15(14)21(23)24/h6-8,19H,9-10H2,1-5H3,(H,20,22). The summed E-state index contributed by atoms with van der Waals surface area (Å²) in [5.41, 5.74) is 1.82. The summed E-state index contributed by atoms with van der Waals surface area (Å²) in [6.07, 6.45) is -0.477. The molecule has 7 nitrogen and oxygen atoms in total. The van der Waals surface area contributed by atoms with Crippen molar-refractivity contribution in [2.24, 2.45) is 0 Å². The summed E-state index contributed by atoms with van der Waals surface area (Å²) < 4.78 is 5.61. The fraction of sp³-hybridized carbons (Fsp3) is 0.471. The van der Waals surface area contributed by atoms with E-state index in [1.54, 1.807) is 39.0 Å². The van der Waals surface area contributed by atoms with Crippen LogP contribution in [0, 0.1) is 10.1 Å². The van der Waals surface area contributed by atoms with Crippen LogP contribution in [-0.2, 0) is 4.74 Å². The molecule has 0 spiro atoms. The predicted molar refractivity (Wildman–Crippen MR) is 102 cm³/mol. The SMILES string of the molecule is CC(CNC(=O)OC(C)(C)C)=C(C)CNc1cccc(Br)c1[N+](=O)[O-]. The first-order valence-corrected chi connectivity index (χ1v) is 8.59. The minimum Gasteiger partial charge on any atom is -0.444 e. The minimum atomic E-state index is -0.544. The van der Waals surface area contributed by atoms with Gasteiger partial charge in [0, 0.05) is 13.1 Å². The number of anilines is 1. The number of para-hydroxylation sites is 1. The van der Waals surface area contributed by atoms with Gasteiger partial charge in [-0.3, -0.25) is 10.1 Å². The first-order valence-electron chi connectivity index (χ1n) is 7.80. The van der Waals surface area contributed by atoms with E-state index in [0.717, 1.165) is 11.1 Å². The summed E-state index contributed by atoms with van der Waals surface area (Å²) in [6, 6.07) is 5.02. The molecule has 0 unspecified atom stereocenters. The Morgan fingerprint density at radius 1 is 1.24 bits per heavy atom. The number of nitrogens with zero attached hydrogens (tertiary/aromatic N) is 1. The number of carbonyl (C=O) groups is 1. The first-order chi connectivity index (χ1) is 11.5. The highest BCUT2D eigenvalue weighted by atomic mass is 79.9. The first kappa shape index (κ1) is 21.0. The molecule has 0 aliphatic rings. The topological polar surface area (TPSA) is 93.5 Å². The Morgan fingerprint density at radius 2 is 1.84 bits per heavy atom. The second-order valence-corrected chi connectivity index (χ2v) is 7.52. The Morgan fingerprint density at radius 3 is 2.40 bits per heavy atom. The number of hydrogen-bond donors (Lipinski definition) is 2. The lowest BCUT2D eigenvalue weighted by molar-refractivity contribution is -0.384. The van der Waals surface area contributed by atoms with Crippen LogP contribution in [0.25, 0.3) is 0 Å². The van der Waals surface area contributed by atoms with E-state index in [-0.39, 0.29) is 5.69 Å². The molecule has 0 atom stereocenters. The molecule has 1 aromatic rings. The maximum absolute atomic E-state index is 11.7. The van der Waals surface area contributed by atoms with Crippen molar-refractivity contribution in [1.29, 1.82) is 0 Å². The fourth-order valence-electron chi connectivity index (χ4n) is 1.89. The molecule has 0 saturated carbocycles. The zero-order chi connectivity index (χ0) is 19.2. The fourth-order valence-corrected chi connectivity index (χ4v) is 2.40. The number of rotatable bonds is 6. The van der Waals surface area contributed by atoms with Crippen molar-refractivity contribution >= 4 is 33.4 Å². The molecule has 0 fully saturated rings. The van der Waals surface area contributed by atoms with E-state index in [4.69, 9.17) is 4.74 Å². The van der Waals surface area contributed by atoms with Crippen molar-refractivity contribution in [3.05, 3.63) is 43.9 Å².